The number of H-pyrrole nitrogens is 1. The highest BCUT2D eigenvalue weighted by molar-refractivity contribution is 5.94. The van der Waals surface area contributed by atoms with E-state index in [0.29, 0.717) is 25.2 Å². The van der Waals surface area contributed by atoms with Crippen molar-refractivity contribution in [1.29, 1.82) is 0 Å². The Kier molecular flexibility index (Phi) is 7.43. The lowest BCUT2D eigenvalue weighted by Crippen LogP contribution is -2.38. The molecule has 7 heteroatoms. The molecule has 30 heavy (non-hydrogen) atoms. The first-order valence-electron chi connectivity index (χ1n) is 10.3. The zero-order valence-corrected chi connectivity index (χ0v) is 17.4. The van der Waals surface area contributed by atoms with Crippen molar-refractivity contribution >= 4 is 22.8 Å². The van der Waals surface area contributed by atoms with Crippen molar-refractivity contribution < 1.29 is 9.18 Å². The normalized spacial score (nSPS) is 11.5. The van der Waals surface area contributed by atoms with Gasteiger partial charge in [0, 0.05) is 42.3 Å². The molecule has 3 aromatic rings. The van der Waals surface area contributed by atoms with Crippen molar-refractivity contribution in [3.8, 4) is 0 Å². The second-order valence-corrected chi connectivity index (χ2v) is 6.93. The molecule has 0 aliphatic rings. The molecular weight excluding hydrogens is 381 g/mol. The fourth-order valence-electron chi connectivity index (χ4n) is 3.22. The van der Waals surface area contributed by atoms with Crippen molar-refractivity contribution in [2.45, 2.75) is 26.8 Å². The van der Waals surface area contributed by atoms with Gasteiger partial charge in [-0.2, -0.15) is 0 Å². The van der Waals surface area contributed by atoms with Crippen LogP contribution in [0.15, 0.2) is 53.7 Å². The van der Waals surface area contributed by atoms with Gasteiger partial charge in [0.1, 0.15) is 5.82 Å². The Bertz CT molecular complexity index is 1010. The van der Waals surface area contributed by atoms with Crippen LogP contribution < -0.4 is 16.0 Å². The number of nitrogens with zero attached hydrogens (tertiary/aromatic N) is 1. The minimum atomic E-state index is -0.241. The van der Waals surface area contributed by atoms with Crippen LogP contribution in [0.3, 0.4) is 0 Å². The average molecular weight is 410 g/mol. The summed E-state index contributed by atoms with van der Waals surface area (Å²) in [7, 11) is 0. The molecule has 0 saturated carbocycles. The molecule has 158 valence electrons. The number of halogens is 1. The van der Waals surface area contributed by atoms with E-state index in [0.717, 1.165) is 41.0 Å². The minimum Gasteiger partial charge on any atom is -0.361 e. The number of nitrogens with one attached hydrogen (secondary N) is 4. The molecule has 0 unspecified atom stereocenters. The smallest absolute Gasteiger partial charge is 0.251 e. The molecule has 0 aliphatic heterocycles. The predicted molar refractivity (Wildman–Crippen MR) is 119 cm³/mol. The van der Waals surface area contributed by atoms with E-state index in [1.54, 1.807) is 6.07 Å². The summed E-state index contributed by atoms with van der Waals surface area (Å²) in [4.78, 5) is 19.6. The SMILES string of the molecule is CCNC(=O)c1ccc(CN=C(NCC)NCCc2c[nH]c3cc(F)ccc23)cc1. The lowest BCUT2D eigenvalue weighted by Gasteiger charge is -2.11. The van der Waals surface area contributed by atoms with Gasteiger partial charge in [-0.25, -0.2) is 9.38 Å². The third-order valence-corrected chi connectivity index (χ3v) is 4.73. The number of aromatic nitrogens is 1. The molecule has 1 heterocycles. The zero-order chi connectivity index (χ0) is 21.3. The highest BCUT2D eigenvalue weighted by atomic mass is 19.1. The zero-order valence-electron chi connectivity index (χ0n) is 17.4. The first-order chi connectivity index (χ1) is 14.6. The Morgan fingerprint density at radius 2 is 1.80 bits per heavy atom. The summed E-state index contributed by atoms with van der Waals surface area (Å²) in [5.74, 6) is 0.424. The maximum atomic E-state index is 13.3. The molecule has 0 fully saturated rings. The van der Waals surface area contributed by atoms with E-state index < -0.39 is 0 Å². The number of aliphatic imine (C=N–C) groups is 1. The van der Waals surface area contributed by atoms with E-state index in [-0.39, 0.29) is 11.7 Å². The van der Waals surface area contributed by atoms with E-state index in [1.165, 1.54) is 12.1 Å². The van der Waals surface area contributed by atoms with Crippen LogP contribution in [0.1, 0.15) is 35.3 Å². The molecule has 3 rings (SSSR count). The van der Waals surface area contributed by atoms with Crippen LogP contribution in [0, 0.1) is 5.82 Å². The number of amides is 1. The van der Waals surface area contributed by atoms with Crippen LogP contribution in [0.2, 0.25) is 0 Å². The van der Waals surface area contributed by atoms with E-state index in [1.807, 2.05) is 44.3 Å². The summed E-state index contributed by atoms with van der Waals surface area (Å²) in [5.41, 5.74) is 3.61. The Hall–Kier alpha value is -3.35. The van der Waals surface area contributed by atoms with E-state index in [9.17, 15) is 9.18 Å². The molecule has 4 N–H and O–H groups in total. The first kappa shape index (κ1) is 21.4. The number of aromatic amines is 1. The summed E-state index contributed by atoms with van der Waals surface area (Å²) in [5, 5.41) is 10.4. The van der Waals surface area contributed by atoms with Gasteiger partial charge in [0.25, 0.3) is 5.91 Å². The molecule has 0 spiro atoms. The Morgan fingerprint density at radius 1 is 1.03 bits per heavy atom. The van der Waals surface area contributed by atoms with Crippen molar-refractivity contribution in [3.63, 3.8) is 0 Å². The molecular formula is C23H28FN5O. The third-order valence-electron chi connectivity index (χ3n) is 4.73. The van der Waals surface area contributed by atoms with Gasteiger partial charge in [0.15, 0.2) is 5.96 Å². The molecule has 0 bridgehead atoms. The minimum absolute atomic E-state index is 0.0671. The Labute approximate surface area is 176 Å². The number of hydrogen-bond acceptors (Lipinski definition) is 2. The second-order valence-electron chi connectivity index (χ2n) is 6.93. The van der Waals surface area contributed by atoms with Crippen LogP contribution in [0.4, 0.5) is 4.39 Å². The van der Waals surface area contributed by atoms with E-state index in [4.69, 9.17) is 0 Å². The van der Waals surface area contributed by atoms with Crippen molar-refractivity contribution in [2.75, 3.05) is 19.6 Å². The monoisotopic (exact) mass is 409 g/mol. The maximum absolute atomic E-state index is 13.3. The summed E-state index contributed by atoms with van der Waals surface area (Å²) in [6, 6.07) is 12.3. The molecule has 0 radical (unpaired) electrons. The van der Waals surface area contributed by atoms with Crippen LogP contribution in [-0.2, 0) is 13.0 Å². The lowest BCUT2D eigenvalue weighted by atomic mass is 10.1. The third kappa shape index (κ3) is 5.59. The lowest BCUT2D eigenvalue weighted by molar-refractivity contribution is 0.0956. The number of hydrogen-bond donors (Lipinski definition) is 4. The van der Waals surface area contributed by atoms with Crippen molar-refractivity contribution in [3.05, 3.63) is 71.2 Å². The Balaban J connectivity index is 1.57. The molecule has 0 atom stereocenters. The molecule has 0 aliphatic carbocycles. The van der Waals surface area contributed by atoms with E-state index >= 15 is 0 Å². The summed E-state index contributed by atoms with van der Waals surface area (Å²) in [6.07, 6.45) is 2.71. The standard InChI is InChI=1S/C23H28FN5O/c1-3-25-22(30)17-7-5-16(6-8-17)14-29-23(26-4-2)27-12-11-18-15-28-21-13-19(24)9-10-20(18)21/h5-10,13,15,28H,3-4,11-12,14H2,1-2H3,(H,25,30)(H2,26,27,29). The number of guanidine groups is 1. The fourth-order valence-corrected chi connectivity index (χ4v) is 3.22. The summed E-state index contributed by atoms with van der Waals surface area (Å²) >= 11 is 0. The number of benzene rings is 2. The predicted octanol–water partition coefficient (Wildman–Crippen LogP) is 3.35. The van der Waals surface area contributed by atoms with Gasteiger partial charge in [-0.05, 0) is 61.7 Å². The molecule has 1 amide bonds. The fraction of sp³-hybridized carbons (Fsp3) is 0.304. The molecule has 2 aromatic carbocycles. The van der Waals surface area contributed by atoms with Gasteiger partial charge in [-0.15, -0.1) is 0 Å². The average Bonchev–Trinajstić information content (AvgIpc) is 3.14. The van der Waals surface area contributed by atoms with Gasteiger partial charge >= 0.3 is 0 Å². The van der Waals surface area contributed by atoms with Gasteiger partial charge in [0.2, 0.25) is 0 Å². The van der Waals surface area contributed by atoms with Gasteiger partial charge in [-0.1, -0.05) is 12.1 Å². The number of carbonyl (C=O) groups is 1. The number of carbonyl (C=O) groups excluding carboxylic acids is 1. The highest BCUT2D eigenvalue weighted by Crippen LogP contribution is 2.19. The van der Waals surface area contributed by atoms with Gasteiger partial charge < -0.3 is 20.9 Å². The number of rotatable bonds is 8. The topological polar surface area (TPSA) is 81.3 Å². The summed E-state index contributed by atoms with van der Waals surface area (Å²) < 4.78 is 13.3. The van der Waals surface area contributed by atoms with Crippen LogP contribution in [0.5, 0.6) is 0 Å². The van der Waals surface area contributed by atoms with Crippen molar-refractivity contribution in [1.82, 2.24) is 20.9 Å². The van der Waals surface area contributed by atoms with Crippen LogP contribution in [0.25, 0.3) is 10.9 Å². The largest absolute Gasteiger partial charge is 0.361 e. The van der Waals surface area contributed by atoms with Crippen LogP contribution >= 0.6 is 0 Å². The maximum Gasteiger partial charge on any atom is 0.251 e. The number of fused-ring (bicyclic) bond motifs is 1. The molecule has 1 aromatic heterocycles. The molecule has 6 nitrogen and oxygen atoms in total. The van der Waals surface area contributed by atoms with Crippen molar-refractivity contribution in [2.24, 2.45) is 4.99 Å². The quantitative estimate of drug-likeness (QED) is 0.340. The van der Waals surface area contributed by atoms with Crippen LogP contribution in [-0.4, -0.2) is 36.5 Å². The highest BCUT2D eigenvalue weighted by Gasteiger charge is 2.06. The first-order valence-corrected chi connectivity index (χ1v) is 10.3. The Morgan fingerprint density at radius 3 is 2.53 bits per heavy atom. The van der Waals surface area contributed by atoms with Gasteiger partial charge in [0.05, 0.1) is 6.54 Å². The second kappa shape index (κ2) is 10.4. The van der Waals surface area contributed by atoms with E-state index in [2.05, 4.69) is 25.9 Å². The molecule has 0 saturated heterocycles. The van der Waals surface area contributed by atoms with Gasteiger partial charge in [-0.3, -0.25) is 4.79 Å². The summed E-state index contributed by atoms with van der Waals surface area (Å²) in [6.45, 7) is 6.50.